The Morgan fingerprint density at radius 1 is 1.29 bits per heavy atom. The number of carbonyl (C=O) groups excluding carboxylic acids is 1. The predicted octanol–water partition coefficient (Wildman–Crippen LogP) is 2.31. The third kappa shape index (κ3) is 1.37. The minimum Gasteiger partial charge on any atom is -0.453 e. The van der Waals surface area contributed by atoms with Crippen molar-refractivity contribution in [1.82, 2.24) is 0 Å². The molecule has 3 heteroatoms. The van der Waals surface area contributed by atoms with Crippen LogP contribution in [-0.2, 0) is 0 Å². The van der Waals surface area contributed by atoms with Crippen LogP contribution in [-0.4, -0.2) is 20.4 Å². The first-order chi connectivity index (χ1) is 6.70. The summed E-state index contributed by atoms with van der Waals surface area (Å²) < 4.78 is 5.31. The van der Waals surface area contributed by atoms with E-state index in [9.17, 15) is 4.79 Å². The van der Waals surface area contributed by atoms with Gasteiger partial charge in [-0.2, -0.15) is 0 Å². The largest absolute Gasteiger partial charge is 0.453 e. The molecule has 1 aromatic carbocycles. The minimum atomic E-state index is 0.371. The Labute approximate surface area is 81.9 Å². The number of benzene rings is 1. The summed E-state index contributed by atoms with van der Waals surface area (Å²) in [5.74, 6) is 0.371. The van der Waals surface area contributed by atoms with Crippen LogP contribution in [0.3, 0.4) is 0 Å². The van der Waals surface area contributed by atoms with E-state index < -0.39 is 0 Å². The molecule has 0 aliphatic rings. The smallest absolute Gasteiger partial charge is 0.185 e. The van der Waals surface area contributed by atoms with E-state index in [1.165, 1.54) is 0 Å². The fourth-order valence-electron chi connectivity index (χ4n) is 1.38. The van der Waals surface area contributed by atoms with Gasteiger partial charge in [0.2, 0.25) is 0 Å². The molecule has 1 aromatic heterocycles. The Kier molecular flexibility index (Phi) is 2.00. The van der Waals surface area contributed by atoms with Gasteiger partial charge in [0.05, 0.1) is 0 Å². The van der Waals surface area contributed by atoms with Gasteiger partial charge in [0.1, 0.15) is 5.58 Å². The molecule has 0 spiro atoms. The fourth-order valence-corrected chi connectivity index (χ4v) is 1.38. The standard InChI is InChI=1S/C11H11NO2/c1-12(2)9-4-3-8-5-10(7-13)14-11(8)6-9/h3-7H,1-2H3. The molecule has 0 fully saturated rings. The normalized spacial score (nSPS) is 10.4. The van der Waals surface area contributed by atoms with Gasteiger partial charge in [0.15, 0.2) is 12.0 Å². The molecule has 0 atom stereocenters. The summed E-state index contributed by atoms with van der Waals surface area (Å²) in [6, 6.07) is 7.59. The molecule has 0 unspecified atom stereocenters. The summed E-state index contributed by atoms with van der Waals surface area (Å²) in [4.78, 5) is 12.5. The third-order valence-corrected chi connectivity index (χ3v) is 2.16. The van der Waals surface area contributed by atoms with Gasteiger partial charge >= 0.3 is 0 Å². The van der Waals surface area contributed by atoms with Crippen molar-refractivity contribution in [2.75, 3.05) is 19.0 Å². The first-order valence-corrected chi connectivity index (χ1v) is 4.37. The van der Waals surface area contributed by atoms with Crippen molar-refractivity contribution in [3.63, 3.8) is 0 Å². The van der Waals surface area contributed by atoms with E-state index in [1.807, 2.05) is 37.2 Å². The van der Waals surface area contributed by atoms with Crippen LogP contribution in [0.5, 0.6) is 0 Å². The van der Waals surface area contributed by atoms with Gasteiger partial charge in [-0.3, -0.25) is 4.79 Å². The highest BCUT2D eigenvalue weighted by molar-refractivity contribution is 5.87. The Bertz CT molecular complexity index is 471. The number of hydrogen-bond donors (Lipinski definition) is 0. The number of fused-ring (bicyclic) bond motifs is 1. The van der Waals surface area contributed by atoms with Crippen molar-refractivity contribution in [3.8, 4) is 0 Å². The zero-order chi connectivity index (χ0) is 10.1. The molecule has 0 saturated heterocycles. The monoisotopic (exact) mass is 189 g/mol. The van der Waals surface area contributed by atoms with E-state index in [1.54, 1.807) is 6.07 Å². The molecular formula is C11H11NO2. The average Bonchev–Trinajstić information content (AvgIpc) is 2.58. The Hall–Kier alpha value is -1.77. The van der Waals surface area contributed by atoms with Crippen LogP contribution >= 0.6 is 0 Å². The molecule has 72 valence electrons. The first kappa shape index (κ1) is 8.81. The van der Waals surface area contributed by atoms with Crippen LogP contribution in [0.2, 0.25) is 0 Å². The molecule has 2 rings (SSSR count). The Morgan fingerprint density at radius 2 is 2.07 bits per heavy atom. The number of hydrogen-bond acceptors (Lipinski definition) is 3. The van der Waals surface area contributed by atoms with Gasteiger partial charge in [-0.05, 0) is 18.2 Å². The van der Waals surface area contributed by atoms with Crippen LogP contribution in [0.1, 0.15) is 10.6 Å². The van der Waals surface area contributed by atoms with E-state index in [2.05, 4.69) is 0 Å². The highest BCUT2D eigenvalue weighted by Gasteiger charge is 2.04. The molecule has 14 heavy (non-hydrogen) atoms. The minimum absolute atomic E-state index is 0.371. The predicted molar refractivity (Wildman–Crippen MR) is 55.9 cm³/mol. The molecule has 3 nitrogen and oxygen atoms in total. The molecule has 0 saturated carbocycles. The number of nitrogens with zero attached hydrogens (tertiary/aromatic N) is 1. The molecule has 2 aromatic rings. The van der Waals surface area contributed by atoms with Crippen molar-refractivity contribution in [2.45, 2.75) is 0 Å². The molecule has 1 heterocycles. The van der Waals surface area contributed by atoms with E-state index in [0.717, 1.165) is 22.9 Å². The van der Waals surface area contributed by atoms with Gasteiger partial charge in [-0.1, -0.05) is 0 Å². The van der Waals surface area contributed by atoms with E-state index in [0.29, 0.717) is 5.76 Å². The Balaban J connectivity index is 2.59. The third-order valence-electron chi connectivity index (χ3n) is 2.16. The van der Waals surface area contributed by atoms with Crippen molar-refractivity contribution < 1.29 is 9.21 Å². The van der Waals surface area contributed by atoms with Crippen LogP contribution in [0.25, 0.3) is 11.0 Å². The second-order valence-corrected chi connectivity index (χ2v) is 3.38. The van der Waals surface area contributed by atoms with Crippen molar-refractivity contribution in [3.05, 3.63) is 30.0 Å². The quantitative estimate of drug-likeness (QED) is 0.680. The molecule has 0 radical (unpaired) electrons. The number of aldehydes is 1. The van der Waals surface area contributed by atoms with Crippen molar-refractivity contribution >= 4 is 22.9 Å². The summed E-state index contributed by atoms with van der Waals surface area (Å²) in [7, 11) is 3.93. The van der Waals surface area contributed by atoms with E-state index in [-0.39, 0.29) is 0 Å². The number of furan rings is 1. The van der Waals surface area contributed by atoms with Crippen molar-refractivity contribution in [1.29, 1.82) is 0 Å². The second-order valence-electron chi connectivity index (χ2n) is 3.38. The molecular weight excluding hydrogens is 178 g/mol. The summed E-state index contributed by atoms with van der Waals surface area (Å²) in [5.41, 5.74) is 1.81. The second kappa shape index (κ2) is 3.18. The number of anilines is 1. The summed E-state index contributed by atoms with van der Waals surface area (Å²) >= 11 is 0. The highest BCUT2D eigenvalue weighted by atomic mass is 16.3. The summed E-state index contributed by atoms with van der Waals surface area (Å²) in [6.07, 6.45) is 0.718. The lowest BCUT2D eigenvalue weighted by atomic mass is 10.2. The summed E-state index contributed by atoms with van der Waals surface area (Å²) in [5, 5.41) is 0.956. The van der Waals surface area contributed by atoms with E-state index in [4.69, 9.17) is 4.42 Å². The number of carbonyl (C=O) groups is 1. The van der Waals surface area contributed by atoms with Crippen LogP contribution in [0, 0.1) is 0 Å². The molecule has 0 amide bonds. The maximum Gasteiger partial charge on any atom is 0.185 e. The van der Waals surface area contributed by atoms with Gasteiger partial charge in [-0.15, -0.1) is 0 Å². The van der Waals surface area contributed by atoms with Gasteiger partial charge < -0.3 is 9.32 Å². The molecule has 0 aliphatic heterocycles. The lowest BCUT2D eigenvalue weighted by Crippen LogP contribution is -2.07. The van der Waals surface area contributed by atoms with Gasteiger partial charge in [-0.25, -0.2) is 0 Å². The number of rotatable bonds is 2. The maximum absolute atomic E-state index is 10.5. The zero-order valence-corrected chi connectivity index (χ0v) is 8.15. The van der Waals surface area contributed by atoms with Crippen LogP contribution in [0.15, 0.2) is 28.7 Å². The van der Waals surface area contributed by atoms with Crippen LogP contribution in [0.4, 0.5) is 5.69 Å². The average molecular weight is 189 g/mol. The molecule has 0 bridgehead atoms. The van der Waals surface area contributed by atoms with Crippen molar-refractivity contribution in [2.24, 2.45) is 0 Å². The molecule has 0 aliphatic carbocycles. The summed E-state index contributed by atoms with van der Waals surface area (Å²) in [6.45, 7) is 0. The SMILES string of the molecule is CN(C)c1ccc2cc(C=O)oc2c1. The highest BCUT2D eigenvalue weighted by Crippen LogP contribution is 2.23. The van der Waals surface area contributed by atoms with Gasteiger partial charge in [0, 0.05) is 31.2 Å². The zero-order valence-electron chi connectivity index (χ0n) is 8.15. The maximum atomic E-state index is 10.5. The van der Waals surface area contributed by atoms with Crippen LogP contribution < -0.4 is 4.90 Å². The van der Waals surface area contributed by atoms with E-state index >= 15 is 0 Å². The Morgan fingerprint density at radius 3 is 2.71 bits per heavy atom. The first-order valence-electron chi connectivity index (χ1n) is 4.37. The van der Waals surface area contributed by atoms with Gasteiger partial charge in [0.25, 0.3) is 0 Å². The lowest BCUT2D eigenvalue weighted by molar-refractivity contribution is 0.110. The topological polar surface area (TPSA) is 33.5 Å². The fraction of sp³-hybridized carbons (Fsp3) is 0.182. The lowest BCUT2D eigenvalue weighted by Gasteiger charge is -2.11. The molecule has 0 N–H and O–H groups in total.